The third-order valence-corrected chi connectivity index (χ3v) is 6.63. The van der Waals surface area contributed by atoms with Gasteiger partial charge < -0.3 is 4.74 Å². The lowest BCUT2D eigenvalue weighted by atomic mass is 10.2. The van der Waals surface area contributed by atoms with Gasteiger partial charge in [-0.1, -0.05) is 42.3 Å². The molecule has 4 nitrogen and oxygen atoms in total. The molecule has 0 spiro atoms. The highest BCUT2D eigenvalue weighted by Crippen LogP contribution is 2.38. The summed E-state index contributed by atoms with van der Waals surface area (Å²) in [5.74, 6) is 0.0948. The van der Waals surface area contributed by atoms with Crippen molar-refractivity contribution in [2.24, 2.45) is 0 Å². The van der Waals surface area contributed by atoms with Crippen LogP contribution < -0.4 is 4.74 Å². The molecule has 0 N–H and O–H groups in total. The van der Waals surface area contributed by atoms with Crippen LogP contribution in [0.3, 0.4) is 0 Å². The number of benzene rings is 2. The minimum Gasteiger partial charge on any atom is -0.486 e. The van der Waals surface area contributed by atoms with Crippen molar-refractivity contribution < 1.29 is 14.3 Å². The average molecular weight is 562 g/mol. The number of amides is 2. The summed E-state index contributed by atoms with van der Waals surface area (Å²) in [6, 6.07) is 11.2. The van der Waals surface area contributed by atoms with Crippen molar-refractivity contribution in [1.29, 1.82) is 0 Å². The number of rotatable bonds is 6. The molecule has 29 heavy (non-hydrogen) atoms. The maximum atomic E-state index is 12.6. The van der Waals surface area contributed by atoms with Gasteiger partial charge in [0.25, 0.3) is 11.1 Å². The van der Waals surface area contributed by atoms with Crippen LogP contribution in [0.15, 0.2) is 41.3 Å². The molecule has 2 aromatic rings. The van der Waals surface area contributed by atoms with Gasteiger partial charge in [0.05, 0.1) is 15.0 Å². The fourth-order valence-electron chi connectivity index (χ4n) is 2.73. The number of ether oxygens (including phenoxy) is 1. The van der Waals surface area contributed by atoms with E-state index in [0.717, 1.165) is 20.9 Å². The van der Waals surface area contributed by atoms with Crippen molar-refractivity contribution in [3.05, 3.63) is 66.0 Å². The Bertz CT molecular complexity index is 955. The number of thioether (sulfide) groups is 1. The molecule has 2 amide bonds. The summed E-state index contributed by atoms with van der Waals surface area (Å²) in [5.41, 5.74) is 1.64. The highest BCUT2D eigenvalue weighted by atomic mass is 127. The maximum Gasteiger partial charge on any atom is 0.293 e. The number of hydrogen-bond donors (Lipinski definition) is 0. The second-order valence-corrected chi connectivity index (χ2v) is 9.59. The Morgan fingerprint density at radius 1 is 1.17 bits per heavy atom. The lowest BCUT2D eigenvalue weighted by Crippen LogP contribution is -2.36. The minimum absolute atomic E-state index is 0.141. The van der Waals surface area contributed by atoms with Gasteiger partial charge >= 0.3 is 0 Å². The van der Waals surface area contributed by atoms with Gasteiger partial charge in [0, 0.05) is 9.61 Å². The van der Waals surface area contributed by atoms with E-state index in [2.05, 4.69) is 22.6 Å². The van der Waals surface area contributed by atoms with E-state index in [-0.39, 0.29) is 17.2 Å². The SMILES string of the molecule is CC[C@H](C)N1C(=O)S/C(=C/c2cc(Cl)c(OCc3ccc(I)cc3)c(Cl)c2)C1=O. The quantitative estimate of drug-likeness (QED) is 0.281. The molecule has 1 heterocycles. The summed E-state index contributed by atoms with van der Waals surface area (Å²) in [6.45, 7) is 4.13. The van der Waals surface area contributed by atoms with Crippen LogP contribution >= 0.6 is 57.6 Å². The molecule has 0 bridgehead atoms. The number of halogens is 3. The summed E-state index contributed by atoms with van der Waals surface area (Å²) in [6.07, 6.45) is 2.34. The summed E-state index contributed by atoms with van der Waals surface area (Å²) >= 11 is 15.9. The van der Waals surface area contributed by atoms with E-state index in [1.165, 1.54) is 4.90 Å². The van der Waals surface area contributed by atoms with Crippen molar-refractivity contribution in [1.82, 2.24) is 4.90 Å². The molecule has 0 saturated carbocycles. The van der Waals surface area contributed by atoms with Gasteiger partial charge in [0.1, 0.15) is 6.61 Å². The summed E-state index contributed by atoms with van der Waals surface area (Å²) in [5, 5.41) is 0.427. The normalized spacial score (nSPS) is 16.6. The zero-order valence-corrected chi connectivity index (χ0v) is 20.2. The van der Waals surface area contributed by atoms with Crippen molar-refractivity contribution >= 4 is 74.8 Å². The van der Waals surface area contributed by atoms with Gasteiger partial charge in [-0.2, -0.15) is 0 Å². The van der Waals surface area contributed by atoms with Crippen LogP contribution in [0.25, 0.3) is 6.08 Å². The molecule has 2 aromatic carbocycles. The lowest BCUT2D eigenvalue weighted by molar-refractivity contribution is -0.124. The van der Waals surface area contributed by atoms with Gasteiger partial charge in [-0.15, -0.1) is 0 Å². The van der Waals surface area contributed by atoms with Crippen LogP contribution in [0.1, 0.15) is 31.4 Å². The molecule has 0 aromatic heterocycles. The molecule has 1 fully saturated rings. The lowest BCUT2D eigenvalue weighted by Gasteiger charge is -2.19. The molecule has 3 rings (SSSR count). The van der Waals surface area contributed by atoms with Crippen LogP contribution in [-0.4, -0.2) is 22.1 Å². The van der Waals surface area contributed by atoms with E-state index in [9.17, 15) is 9.59 Å². The first-order valence-corrected chi connectivity index (χ1v) is 11.6. The van der Waals surface area contributed by atoms with Crippen LogP contribution in [0.2, 0.25) is 10.0 Å². The summed E-state index contributed by atoms with van der Waals surface area (Å²) < 4.78 is 6.94. The van der Waals surface area contributed by atoms with E-state index in [0.29, 0.717) is 39.3 Å². The van der Waals surface area contributed by atoms with Crippen molar-refractivity contribution in [3.8, 4) is 5.75 Å². The Kier molecular flexibility index (Phi) is 7.53. The van der Waals surface area contributed by atoms with E-state index in [4.69, 9.17) is 27.9 Å². The van der Waals surface area contributed by atoms with E-state index < -0.39 is 0 Å². The van der Waals surface area contributed by atoms with Crippen molar-refractivity contribution in [3.63, 3.8) is 0 Å². The topological polar surface area (TPSA) is 46.6 Å². The second kappa shape index (κ2) is 9.73. The first-order chi connectivity index (χ1) is 13.8. The highest BCUT2D eigenvalue weighted by molar-refractivity contribution is 14.1. The van der Waals surface area contributed by atoms with Gasteiger partial charge in [-0.05, 0) is 89.2 Å². The Morgan fingerprint density at radius 3 is 2.38 bits per heavy atom. The first-order valence-electron chi connectivity index (χ1n) is 8.93. The third-order valence-electron chi connectivity index (χ3n) is 4.47. The summed E-state index contributed by atoms with van der Waals surface area (Å²) in [7, 11) is 0. The first kappa shape index (κ1) is 22.5. The second-order valence-electron chi connectivity index (χ2n) is 6.54. The molecule has 1 saturated heterocycles. The van der Waals surface area contributed by atoms with Crippen LogP contribution in [0.5, 0.6) is 5.75 Å². The molecular formula is C21H18Cl2INO3S. The molecule has 152 valence electrons. The van der Waals surface area contributed by atoms with Crippen molar-refractivity contribution in [2.75, 3.05) is 0 Å². The Morgan fingerprint density at radius 2 is 1.79 bits per heavy atom. The fraction of sp³-hybridized carbons (Fsp3) is 0.238. The van der Waals surface area contributed by atoms with Crippen LogP contribution in [0, 0.1) is 3.57 Å². The molecular weight excluding hydrogens is 544 g/mol. The molecule has 1 atom stereocenters. The Labute approximate surface area is 197 Å². The molecule has 0 radical (unpaired) electrons. The average Bonchev–Trinajstić information content (AvgIpc) is 2.95. The van der Waals surface area contributed by atoms with E-state index in [1.807, 2.05) is 38.1 Å². The predicted molar refractivity (Wildman–Crippen MR) is 128 cm³/mol. The highest BCUT2D eigenvalue weighted by Gasteiger charge is 2.37. The third kappa shape index (κ3) is 5.29. The van der Waals surface area contributed by atoms with Crippen LogP contribution in [-0.2, 0) is 11.4 Å². The number of imide groups is 1. The fourth-order valence-corrected chi connectivity index (χ4v) is 4.63. The van der Waals surface area contributed by atoms with Gasteiger partial charge in [-0.3, -0.25) is 14.5 Å². The zero-order valence-electron chi connectivity index (χ0n) is 15.7. The monoisotopic (exact) mass is 561 g/mol. The minimum atomic E-state index is -0.291. The number of carbonyl (C=O) groups is 2. The molecule has 8 heteroatoms. The van der Waals surface area contributed by atoms with Gasteiger partial charge in [0.2, 0.25) is 0 Å². The number of carbonyl (C=O) groups excluding carboxylic acids is 2. The molecule has 1 aliphatic heterocycles. The maximum absolute atomic E-state index is 12.6. The standard InChI is InChI=1S/C21H18Cl2INO3S/c1-3-12(2)25-20(26)18(29-21(25)27)10-14-8-16(22)19(17(23)9-14)28-11-13-4-6-15(24)7-5-13/h4-10,12H,3,11H2,1-2H3/b18-10+/t12-/m0/s1. The van der Waals surface area contributed by atoms with Gasteiger partial charge in [-0.25, -0.2) is 0 Å². The smallest absolute Gasteiger partial charge is 0.293 e. The van der Waals surface area contributed by atoms with Crippen molar-refractivity contribution in [2.45, 2.75) is 32.9 Å². The predicted octanol–water partition coefficient (Wildman–Crippen LogP) is 7.01. The van der Waals surface area contributed by atoms with E-state index >= 15 is 0 Å². The molecule has 0 unspecified atom stereocenters. The number of nitrogens with zero attached hydrogens (tertiary/aromatic N) is 1. The largest absolute Gasteiger partial charge is 0.486 e. The number of hydrogen-bond acceptors (Lipinski definition) is 4. The molecule has 0 aliphatic carbocycles. The van der Waals surface area contributed by atoms with Crippen LogP contribution in [0.4, 0.5) is 4.79 Å². The van der Waals surface area contributed by atoms with Gasteiger partial charge in [0.15, 0.2) is 5.75 Å². The Hall–Kier alpha value is -1.22. The zero-order chi connectivity index (χ0) is 21.1. The molecule has 1 aliphatic rings. The summed E-state index contributed by atoms with van der Waals surface area (Å²) in [4.78, 5) is 26.4. The Balaban J connectivity index is 1.78. The van der Waals surface area contributed by atoms with E-state index in [1.54, 1.807) is 18.2 Å².